The van der Waals surface area contributed by atoms with Gasteiger partial charge in [-0.1, -0.05) is 61.2 Å². The van der Waals surface area contributed by atoms with Crippen LogP contribution in [0.4, 0.5) is 0 Å². The summed E-state index contributed by atoms with van der Waals surface area (Å²) in [5.74, 6) is 0.118. The summed E-state index contributed by atoms with van der Waals surface area (Å²) in [6.45, 7) is 3.91. The van der Waals surface area contributed by atoms with Crippen LogP contribution in [0.1, 0.15) is 5.56 Å². The number of rotatable bonds is 5. The van der Waals surface area contributed by atoms with Gasteiger partial charge < -0.3 is 4.18 Å². The number of benzene rings is 3. The summed E-state index contributed by atoms with van der Waals surface area (Å²) < 4.78 is 32.0. The van der Waals surface area contributed by atoms with Crippen LogP contribution in [0.15, 0.2) is 94.6 Å². The Morgan fingerprint density at radius 2 is 1.47 bits per heavy atom. The van der Waals surface area contributed by atoms with Crippen molar-refractivity contribution in [2.24, 2.45) is 0 Å². The molecule has 1 N–H and O–H groups in total. The molecule has 3 aromatic carbocycles. The zero-order valence-corrected chi connectivity index (χ0v) is 16.7. The molecule has 0 amide bonds. The second kappa shape index (κ2) is 7.88. The summed E-state index contributed by atoms with van der Waals surface area (Å²) in [5, 5.41) is 3.66. The van der Waals surface area contributed by atoms with Crippen molar-refractivity contribution in [2.75, 3.05) is 0 Å². The number of nitrogens with one attached hydrogen (secondary N) is 1. The lowest BCUT2D eigenvalue weighted by Gasteiger charge is -2.09. The third-order valence-electron chi connectivity index (χ3n) is 4.47. The molecule has 0 radical (unpaired) electrons. The fraction of sp³-hybridized carbons (Fsp3) is 0. The Morgan fingerprint density at radius 1 is 0.867 bits per heavy atom. The quantitative estimate of drug-likeness (QED) is 0.504. The van der Waals surface area contributed by atoms with Gasteiger partial charge in [-0.25, -0.2) is 4.68 Å². The van der Waals surface area contributed by atoms with E-state index in [1.807, 2.05) is 18.2 Å². The molecule has 6 nitrogen and oxygen atoms in total. The highest BCUT2D eigenvalue weighted by molar-refractivity contribution is 7.87. The third-order valence-corrected chi connectivity index (χ3v) is 5.72. The van der Waals surface area contributed by atoms with Gasteiger partial charge in [0.2, 0.25) is 0 Å². The predicted octanol–water partition coefficient (Wildman–Crippen LogP) is 2.17. The summed E-state index contributed by atoms with van der Waals surface area (Å²) in [7, 11) is -4.01. The molecule has 150 valence electrons. The lowest BCUT2D eigenvalue weighted by Crippen LogP contribution is -2.34. The van der Waals surface area contributed by atoms with Crippen LogP contribution < -0.4 is 20.3 Å². The summed E-state index contributed by atoms with van der Waals surface area (Å²) in [5.41, 5.74) is 0.813. The van der Waals surface area contributed by atoms with E-state index in [9.17, 15) is 13.2 Å². The first kappa shape index (κ1) is 19.5. The molecule has 1 aromatic heterocycles. The highest BCUT2D eigenvalue weighted by Crippen LogP contribution is 2.23. The molecular formula is C23H18N2O4S. The van der Waals surface area contributed by atoms with Gasteiger partial charge in [0.05, 0.1) is 16.3 Å². The van der Waals surface area contributed by atoms with Gasteiger partial charge in [-0.3, -0.25) is 9.89 Å². The number of aromatic amines is 1. The fourth-order valence-corrected chi connectivity index (χ4v) is 3.96. The Balaban J connectivity index is 1.80. The fourth-order valence-electron chi connectivity index (χ4n) is 2.99. The van der Waals surface area contributed by atoms with Gasteiger partial charge in [0.25, 0.3) is 5.56 Å². The molecule has 30 heavy (non-hydrogen) atoms. The number of nitrogens with zero attached hydrogens (tertiary/aromatic N) is 1. The van der Waals surface area contributed by atoms with E-state index in [0.717, 1.165) is 0 Å². The van der Waals surface area contributed by atoms with Crippen molar-refractivity contribution in [3.63, 3.8) is 0 Å². The minimum absolute atomic E-state index is 0.0470. The molecule has 0 unspecified atom stereocenters. The first-order valence-corrected chi connectivity index (χ1v) is 10.5. The van der Waals surface area contributed by atoms with Crippen molar-refractivity contribution in [2.45, 2.75) is 4.90 Å². The summed E-state index contributed by atoms with van der Waals surface area (Å²) in [6, 6.07) is 23.6. The van der Waals surface area contributed by atoms with Crippen LogP contribution >= 0.6 is 0 Å². The number of H-pyrrole nitrogens is 1. The molecule has 4 rings (SSSR count). The maximum atomic E-state index is 12.9. The van der Waals surface area contributed by atoms with Crippen LogP contribution in [0.5, 0.6) is 5.75 Å². The van der Waals surface area contributed by atoms with Crippen molar-refractivity contribution in [3.05, 3.63) is 111 Å². The zero-order chi connectivity index (χ0) is 21.1. The average molecular weight is 418 g/mol. The lowest BCUT2D eigenvalue weighted by atomic mass is 10.2. The molecule has 1 heterocycles. The SMILES string of the molecule is C=c1[nH]n(-c2ccccc2)c(=O)c1=Cc1ccccc1OS(=O)(=O)c1ccccc1. The Labute approximate surface area is 173 Å². The average Bonchev–Trinajstić information content (AvgIpc) is 3.04. The maximum Gasteiger partial charge on any atom is 0.339 e. The van der Waals surface area contributed by atoms with Crippen LogP contribution in [0.3, 0.4) is 0 Å². The molecule has 0 bridgehead atoms. The Bertz CT molecular complexity index is 1460. The van der Waals surface area contributed by atoms with Crippen LogP contribution in [0, 0.1) is 0 Å². The van der Waals surface area contributed by atoms with Gasteiger partial charge >= 0.3 is 10.1 Å². The summed E-state index contributed by atoms with van der Waals surface area (Å²) in [4.78, 5) is 13.0. The van der Waals surface area contributed by atoms with E-state index < -0.39 is 10.1 Å². The van der Waals surface area contributed by atoms with Crippen molar-refractivity contribution >= 4 is 22.8 Å². The molecule has 7 heteroatoms. The van der Waals surface area contributed by atoms with E-state index >= 15 is 0 Å². The number of hydrogen-bond acceptors (Lipinski definition) is 4. The second-order valence-electron chi connectivity index (χ2n) is 6.51. The molecule has 0 atom stereocenters. The van der Waals surface area contributed by atoms with Crippen LogP contribution in [0.2, 0.25) is 0 Å². The van der Waals surface area contributed by atoms with Crippen molar-refractivity contribution in [3.8, 4) is 11.4 Å². The standard InChI is InChI=1S/C23H18N2O4S/c1-17-21(23(26)25(24-17)19-11-4-2-5-12-19)16-18-10-8-9-15-22(18)29-30(27,28)20-13-6-3-7-14-20/h2-16,24H,1H2. The van der Waals surface area contributed by atoms with E-state index in [4.69, 9.17) is 4.18 Å². The van der Waals surface area contributed by atoms with Gasteiger partial charge in [0.1, 0.15) is 10.6 Å². The second-order valence-corrected chi connectivity index (χ2v) is 8.06. The zero-order valence-electron chi connectivity index (χ0n) is 15.9. The van der Waals surface area contributed by atoms with E-state index in [-0.39, 0.29) is 16.2 Å². The summed E-state index contributed by atoms with van der Waals surface area (Å²) >= 11 is 0. The monoisotopic (exact) mass is 418 g/mol. The molecule has 0 aliphatic rings. The normalized spacial score (nSPS) is 12.1. The first-order chi connectivity index (χ1) is 14.5. The van der Waals surface area contributed by atoms with Gasteiger partial charge in [0.15, 0.2) is 0 Å². The highest BCUT2D eigenvalue weighted by Gasteiger charge is 2.17. The molecular weight excluding hydrogens is 400 g/mol. The van der Waals surface area contributed by atoms with E-state index in [1.165, 1.54) is 22.9 Å². The van der Waals surface area contributed by atoms with E-state index in [2.05, 4.69) is 11.7 Å². The van der Waals surface area contributed by atoms with Crippen molar-refractivity contribution in [1.82, 2.24) is 9.78 Å². The molecule has 0 saturated carbocycles. The van der Waals surface area contributed by atoms with Gasteiger partial charge in [-0.05, 0) is 36.4 Å². The molecule has 0 aliphatic heterocycles. The number of aromatic nitrogens is 2. The highest BCUT2D eigenvalue weighted by atomic mass is 32.2. The topological polar surface area (TPSA) is 81.2 Å². The van der Waals surface area contributed by atoms with Gasteiger partial charge in [0, 0.05) is 5.56 Å². The van der Waals surface area contributed by atoms with Crippen LogP contribution in [0.25, 0.3) is 18.3 Å². The number of para-hydroxylation sites is 2. The Kier molecular flexibility index (Phi) is 5.12. The third kappa shape index (κ3) is 3.83. The largest absolute Gasteiger partial charge is 0.378 e. The molecule has 0 fully saturated rings. The Hall–Kier alpha value is -3.84. The Morgan fingerprint density at radius 3 is 2.17 bits per heavy atom. The molecule has 0 spiro atoms. The predicted molar refractivity (Wildman–Crippen MR) is 115 cm³/mol. The van der Waals surface area contributed by atoms with Crippen LogP contribution in [-0.4, -0.2) is 18.2 Å². The molecule has 0 aliphatic carbocycles. The van der Waals surface area contributed by atoms with Crippen molar-refractivity contribution in [1.29, 1.82) is 0 Å². The first-order valence-electron chi connectivity index (χ1n) is 9.11. The van der Waals surface area contributed by atoms with E-state index in [1.54, 1.807) is 54.6 Å². The van der Waals surface area contributed by atoms with E-state index in [0.29, 0.717) is 21.8 Å². The molecule has 4 aromatic rings. The van der Waals surface area contributed by atoms with Gasteiger partial charge in [-0.2, -0.15) is 8.42 Å². The van der Waals surface area contributed by atoms with Crippen molar-refractivity contribution < 1.29 is 12.6 Å². The minimum Gasteiger partial charge on any atom is -0.378 e. The van der Waals surface area contributed by atoms with Gasteiger partial charge in [-0.15, -0.1) is 0 Å². The smallest absolute Gasteiger partial charge is 0.339 e. The summed E-state index contributed by atoms with van der Waals surface area (Å²) in [6.07, 6.45) is 1.57. The molecule has 0 saturated heterocycles. The number of hydrogen-bond donors (Lipinski definition) is 1. The maximum absolute atomic E-state index is 12.9. The van der Waals surface area contributed by atoms with Crippen LogP contribution in [-0.2, 0) is 10.1 Å². The minimum atomic E-state index is -4.01. The lowest BCUT2D eigenvalue weighted by molar-refractivity contribution is 0.485.